The van der Waals surface area contributed by atoms with Gasteiger partial charge in [0.25, 0.3) is 0 Å². The van der Waals surface area contributed by atoms with Gasteiger partial charge in [-0.1, -0.05) is 6.08 Å². The first kappa shape index (κ1) is 14.5. The maximum Gasteiger partial charge on any atom is 0.234 e. The monoisotopic (exact) mass is 275 g/mol. The lowest BCUT2D eigenvalue weighted by molar-refractivity contribution is -0.122. The fourth-order valence-corrected chi connectivity index (χ4v) is 2.40. The molecule has 1 atom stereocenters. The molecule has 0 saturated carbocycles. The van der Waals surface area contributed by atoms with Gasteiger partial charge in [0, 0.05) is 44.6 Å². The van der Waals surface area contributed by atoms with Crippen LogP contribution in [0.25, 0.3) is 0 Å². The van der Waals surface area contributed by atoms with Gasteiger partial charge in [-0.2, -0.15) is 0 Å². The lowest BCUT2D eigenvalue weighted by atomic mass is 10.2. The van der Waals surface area contributed by atoms with Crippen molar-refractivity contribution in [3.8, 4) is 0 Å². The molecule has 0 radical (unpaired) electrons. The molecule has 2 rings (SSSR count). The van der Waals surface area contributed by atoms with E-state index in [9.17, 15) is 4.79 Å². The van der Waals surface area contributed by atoms with Gasteiger partial charge in [0.05, 0.1) is 12.7 Å². The highest BCUT2D eigenvalue weighted by atomic mass is 16.2. The van der Waals surface area contributed by atoms with Crippen LogP contribution in [0.4, 0.5) is 5.82 Å². The highest BCUT2D eigenvalue weighted by molar-refractivity contribution is 5.78. The predicted molar refractivity (Wildman–Crippen MR) is 78.5 cm³/mol. The minimum atomic E-state index is 0.0463. The van der Waals surface area contributed by atoms with Crippen LogP contribution in [-0.4, -0.2) is 59.5 Å². The second kappa shape index (κ2) is 7.00. The van der Waals surface area contributed by atoms with Crippen molar-refractivity contribution < 1.29 is 4.79 Å². The van der Waals surface area contributed by atoms with Crippen LogP contribution >= 0.6 is 0 Å². The van der Waals surface area contributed by atoms with Crippen LogP contribution in [0.3, 0.4) is 0 Å². The van der Waals surface area contributed by atoms with Crippen molar-refractivity contribution in [3.05, 3.63) is 31.2 Å². The van der Waals surface area contributed by atoms with E-state index < -0.39 is 0 Å². The van der Waals surface area contributed by atoms with Gasteiger partial charge < -0.3 is 10.2 Å². The number of nitrogens with zero attached hydrogens (tertiary/aromatic N) is 4. The summed E-state index contributed by atoms with van der Waals surface area (Å²) in [6, 6.07) is 0.313. The fraction of sp³-hybridized carbons (Fsp3) is 0.500. The Morgan fingerprint density at radius 2 is 2.40 bits per heavy atom. The van der Waals surface area contributed by atoms with Crippen molar-refractivity contribution >= 4 is 11.7 Å². The van der Waals surface area contributed by atoms with E-state index in [0.29, 0.717) is 19.1 Å². The maximum atomic E-state index is 11.7. The van der Waals surface area contributed by atoms with Gasteiger partial charge in [-0.05, 0) is 6.92 Å². The zero-order valence-electron chi connectivity index (χ0n) is 11.8. The van der Waals surface area contributed by atoms with Crippen LogP contribution in [0, 0.1) is 0 Å². The predicted octanol–water partition coefficient (Wildman–Crippen LogP) is 0.289. The molecule has 1 unspecified atom stereocenters. The summed E-state index contributed by atoms with van der Waals surface area (Å²) in [5, 5.41) is 2.80. The summed E-state index contributed by atoms with van der Waals surface area (Å²) in [7, 11) is 0. The van der Waals surface area contributed by atoms with Gasteiger partial charge in [0.2, 0.25) is 5.91 Å². The lowest BCUT2D eigenvalue weighted by Gasteiger charge is -2.40. The first-order valence-electron chi connectivity index (χ1n) is 6.83. The van der Waals surface area contributed by atoms with E-state index in [4.69, 9.17) is 0 Å². The second-order valence-electron chi connectivity index (χ2n) is 4.93. The first-order chi connectivity index (χ1) is 9.70. The van der Waals surface area contributed by atoms with Crippen LogP contribution < -0.4 is 10.2 Å². The molecule has 108 valence electrons. The van der Waals surface area contributed by atoms with Gasteiger partial charge in [-0.3, -0.25) is 14.7 Å². The van der Waals surface area contributed by atoms with E-state index in [2.05, 4.69) is 38.6 Å². The summed E-state index contributed by atoms with van der Waals surface area (Å²) in [5.41, 5.74) is 0. The molecule has 0 spiro atoms. The molecule has 6 nitrogen and oxygen atoms in total. The van der Waals surface area contributed by atoms with Gasteiger partial charge in [-0.15, -0.1) is 6.58 Å². The van der Waals surface area contributed by atoms with Crippen LogP contribution in [0.1, 0.15) is 6.92 Å². The summed E-state index contributed by atoms with van der Waals surface area (Å²) < 4.78 is 0. The van der Waals surface area contributed by atoms with Crippen LogP contribution in [-0.2, 0) is 4.79 Å². The normalized spacial score (nSPS) is 19.6. The number of hydrogen-bond donors (Lipinski definition) is 1. The Kier molecular flexibility index (Phi) is 5.06. The Balaban J connectivity index is 1.86. The molecule has 6 heteroatoms. The Hall–Kier alpha value is -1.95. The molecule has 1 N–H and O–H groups in total. The summed E-state index contributed by atoms with van der Waals surface area (Å²) >= 11 is 0. The number of amides is 1. The topological polar surface area (TPSA) is 61.4 Å². The molecule has 1 aromatic heterocycles. The smallest absolute Gasteiger partial charge is 0.234 e. The van der Waals surface area contributed by atoms with Crippen molar-refractivity contribution in [1.82, 2.24) is 20.2 Å². The number of hydrogen-bond acceptors (Lipinski definition) is 5. The number of aromatic nitrogens is 2. The van der Waals surface area contributed by atoms with Crippen molar-refractivity contribution in [1.29, 1.82) is 0 Å². The summed E-state index contributed by atoms with van der Waals surface area (Å²) in [4.78, 5) is 24.5. The van der Waals surface area contributed by atoms with Gasteiger partial charge in [0.1, 0.15) is 5.82 Å². The Morgan fingerprint density at radius 1 is 1.55 bits per heavy atom. The number of nitrogens with one attached hydrogen (secondary N) is 1. The Bertz CT molecular complexity index is 450. The fourth-order valence-electron chi connectivity index (χ4n) is 2.40. The van der Waals surface area contributed by atoms with E-state index >= 15 is 0 Å². The zero-order chi connectivity index (χ0) is 14.4. The highest BCUT2D eigenvalue weighted by Crippen LogP contribution is 2.16. The standard InChI is InChI=1S/C14H21N5O/c1-3-4-17-14(20)11-18-7-8-19(12(2)10-18)13-9-15-5-6-16-13/h3,5-6,9,12H,1,4,7-8,10-11H2,2H3,(H,17,20). The van der Waals surface area contributed by atoms with E-state index in [1.54, 1.807) is 24.7 Å². The second-order valence-corrected chi connectivity index (χ2v) is 4.93. The number of carbonyl (C=O) groups excluding carboxylic acids is 1. The Labute approximate surface area is 119 Å². The summed E-state index contributed by atoms with van der Waals surface area (Å²) in [6.07, 6.45) is 6.85. The highest BCUT2D eigenvalue weighted by Gasteiger charge is 2.25. The molecule has 2 heterocycles. The minimum Gasteiger partial charge on any atom is -0.352 e. The molecule has 1 saturated heterocycles. The SMILES string of the molecule is C=CCNC(=O)CN1CCN(c2cnccn2)C(C)C1. The molecule has 0 aliphatic carbocycles. The zero-order valence-corrected chi connectivity index (χ0v) is 11.8. The number of anilines is 1. The third-order valence-electron chi connectivity index (χ3n) is 3.37. The average molecular weight is 275 g/mol. The maximum absolute atomic E-state index is 11.7. The minimum absolute atomic E-state index is 0.0463. The average Bonchev–Trinajstić information content (AvgIpc) is 2.46. The number of piperazine rings is 1. The van der Waals surface area contributed by atoms with Crippen molar-refractivity contribution in [2.24, 2.45) is 0 Å². The largest absolute Gasteiger partial charge is 0.352 e. The number of rotatable bonds is 5. The van der Waals surface area contributed by atoms with Crippen LogP contribution in [0.2, 0.25) is 0 Å². The lowest BCUT2D eigenvalue weighted by Crippen LogP contribution is -2.54. The summed E-state index contributed by atoms with van der Waals surface area (Å²) in [5.74, 6) is 0.945. The molecule has 20 heavy (non-hydrogen) atoms. The van der Waals surface area contributed by atoms with Gasteiger partial charge in [-0.25, -0.2) is 4.98 Å². The van der Waals surface area contributed by atoms with Crippen LogP contribution in [0.5, 0.6) is 0 Å². The molecule has 1 aliphatic rings. The van der Waals surface area contributed by atoms with E-state index in [0.717, 1.165) is 25.5 Å². The molecule has 1 aromatic rings. The van der Waals surface area contributed by atoms with E-state index in [1.165, 1.54) is 0 Å². The Morgan fingerprint density at radius 3 is 3.05 bits per heavy atom. The third-order valence-corrected chi connectivity index (χ3v) is 3.37. The van der Waals surface area contributed by atoms with Gasteiger partial charge in [0.15, 0.2) is 0 Å². The molecule has 1 amide bonds. The van der Waals surface area contributed by atoms with Crippen molar-refractivity contribution in [2.75, 3.05) is 37.6 Å². The third kappa shape index (κ3) is 3.77. The van der Waals surface area contributed by atoms with Gasteiger partial charge >= 0.3 is 0 Å². The van der Waals surface area contributed by atoms with Crippen LogP contribution in [0.15, 0.2) is 31.2 Å². The molecular weight excluding hydrogens is 254 g/mol. The van der Waals surface area contributed by atoms with Crippen molar-refractivity contribution in [2.45, 2.75) is 13.0 Å². The van der Waals surface area contributed by atoms with E-state index in [-0.39, 0.29) is 5.91 Å². The molecule has 1 fully saturated rings. The quantitative estimate of drug-likeness (QED) is 0.783. The number of carbonyl (C=O) groups is 1. The van der Waals surface area contributed by atoms with Crippen molar-refractivity contribution in [3.63, 3.8) is 0 Å². The molecular formula is C14H21N5O. The molecule has 0 bridgehead atoms. The molecule has 0 aromatic carbocycles. The molecule has 1 aliphatic heterocycles. The first-order valence-corrected chi connectivity index (χ1v) is 6.83. The van der Waals surface area contributed by atoms with E-state index in [1.807, 2.05) is 0 Å². The summed E-state index contributed by atoms with van der Waals surface area (Å²) in [6.45, 7) is 9.24.